The number of nitrogens with zero attached hydrogens (tertiary/aromatic N) is 4. The van der Waals surface area contributed by atoms with Crippen LogP contribution in [0.2, 0.25) is 0 Å². The molecule has 2 aromatic heterocycles. The van der Waals surface area contributed by atoms with Crippen molar-refractivity contribution in [2.45, 2.75) is 71.9 Å². The first-order chi connectivity index (χ1) is 16.3. The highest BCUT2D eigenvalue weighted by Gasteiger charge is 2.27. The highest BCUT2D eigenvalue weighted by molar-refractivity contribution is 5.59. The van der Waals surface area contributed by atoms with E-state index in [1.807, 2.05) is 64.2 Å². The van der Waals surface area contributed by atoms with Gasteiger partial charge in [0.05, 0.1) is 29.2 Å². The summed E-state index contributed by atoms with van der Waals surface area (Å²) in [5.41, 5.74) is 2.74. The Hall–Kier alpha value is -2.93. The summed E-state index contributed by atoms with van der Waals surface area (Å²) in [5.74, 6) is 1.40. The van der Waals surface area contributed by atoms with Crippen molar-refractivity contribution in [1.82, 2.24) is 19.1 Å². The Morgan fingerprint density at radius 3 is 2.65 bits per heavy atom. The highest BCUT2D eigenvalue weighted by Crippen LogP contribution is 2.27. The van der Waals surface area contributed by atoms with Crippen molar-refractivity contribution in [2.24, 2.45) is 5.92 Å². The third-order valence-electron chi connectivity index (χ3n) is 6.73. The van der Waals surface area contributed by atoms with Crippen LogP contribution in [0, 0.1) is 12.8 Å². The zero-order chi connectivity index (χ0) is 24.3. The Morgan fingerprint density at radius 1 is 1.18 bits per heavy atom. The van der Waals surface area contributed by atoms with Gasteiger partial charge < -0.3 is 10.1 Å². The van der Waals surface area contributed by atoms with Gasteiger partial charge in [0.25, 0.3) is 0 Å². The minimum absolute atomic E-state index is 0.111. The van der Waals surface area contributed by atoms with Crippen LogP contribution < -0.4 is 11.0 Å². The van der Waals surface area contributed by atoms with Gasteiger partial charge in [-0.25, -0.2) is 14.8 Å². The van der Waals surface area contributed by atoms with Crippen LogP contribution in [0.25, 0.3) is 17.1 Å². The lowest BCUT2D eigenvalue weighted by molar-refractivity contribution is 0.0740. The SMILES string of the molecule is CCOCC(C)(C)n1cc(-c2ccnc(NC3CCC(C)CC3)n2)n(-c2cccc(C)c2)c1=O. The summed E-state index contributed by atoms with van der Waals surface area (Å²) >= 11 is 0. The van der Waals surface area contributed by atoms with Crippen molar-refractivity contribution in [3.8, 4) is 17.1 Å². The fourth-order valence-electron chi connectivity index (χ4n) is 4.66. The summed E-state index contributed by atoms with van der Waals surface area (Å²) in [6.07, 6.45) is 8.38. The lowest BCUT2D eigenvalue weighted by Gasteiger charge is -2.26. The molecule has 2 heterocycles. The van der Waals surface area contributed by atoms with E-state index in [1.54, 1.807) is 15.3 Å². The molecule has 3 aromatic rings. The Kier molecular flexibility index (Phi) is 7.22. The third kappa shape index (κ3) is 5.25. The van der Waals surface area contributed by atoms with E-state index in [0.717, 1.165) is 35.7 Å². The van der Waals surface area contributed by atoms with Crippen LogP contribution in [0.5, 0.6) is 0 Å². The van der Waals surface area contributed by atoms with Gasteiger partial charge in [-0.3, -0.25) is 9.13 Å². The third-order valence-corrected chi connectivity index (χ3v) is 6.73. The molecular weight excluding hydrogens is 426 g/mol. The minimum Gasteiger partial charge on any atom is -0.379 e. The quantitative estimate of drug-likeness (QED) is 0.499. The Labute approximate surface area is 202 Å². The van der Waals surface area contributed by atoms with E-state index in [-0.39, 0.29) is 5.69 Å². The summed E-state index contributed by atoms with van der Waals surface area (Å²) in [7, 11) is 0. The average Bonchev–Trinajstić information content (AvgIpc) is 3.17. The van der Waals surface area contributed by atoms with Crippen molar-refractivity contribution in [2.75, 3.05) is 18.5 Å². The van der Waals surface area contributed by atoms with E-state index in [0.29, 0.717) is 30.9 Å². The predicted octanol–water partition coefficient (Wildman–Crippen LogP) is 5.17. The van der Waals surface area contributed by atoms with Crippen LogP contribution in [0.15, 0.2) is 47.5 Å². The number of hydrogen-bond acceptors (Lipinski definition) is 5. The summed E-state index contributed by atoms with van der Waals surface area (Å²) in [4.78, 5) is 23.0. The number of imidazole rings is 1. The molecule has 0 atom stereocenters. The maximum Gasteiger partial charge on any atom is 0.333 e. The summed E-state index contributed by atoms with van der Waals surface area (Å²) in [5, 5.41) is 3.52. The molecule has 0 unspecified atom stereocenters. The second-order valence-corrected chi connectivity index (χ2v) is 10.2. The lowest BCUT2D eigenvalue weighted by Crippen LogP contribution is -2.40. The Bertz CT molecular complexity index is 1170. The number of rotatable bonds is 8. The van der Waals surface area contributed by atoms with E-state index in [9.17, 15) is 4.79 Å². The average molecular weight is 464 g/mol. The van der Waals surface area contributed by atoms with Gasteiger partial charge in [0, 0.05) is 25.0 Å². The number of ether oxygens (including phenoxy) is 1. The van der Waals surface area contributed by atoms with Gasteiger partial charge in [-0.05, 0) is 83.1 Å². The molecule has 1 aliphatic carbocycles. The molecule has 0 aliphatic heterocycles. The summed E-state index contributed by atoms with van der Waals surface area (Å²) in [6.45, 7) is 11.4. The van der Waals surface area contributed by atoms with Crippen LogP contribution in [0.1, 0.15) is 58.9 Å². The molecule has 0 saturated heterocycles. The highest BCUT2D eigenvalue weighted by atomic mass is 16.5. The number of hydrogen-bond donors (Lipinski definition) is 1. The molecular formula is C27H37N5O2. The molecule has 7 heteroatoms. The second kappa shape index (κ2) is 10.1. The first-order valence-corrected chi connectivity index (χ1v) is 12.4. The van der Waals surface area contributed by atoms with Gasteiger partial charge in [-0.1, -0.05) is 19.1 Å². The van der Waals surface area contributed by atoms with Crippen molar-refractivity contribution in [3.05, 3.63) is 58.8 Å². The van der Waals surface area contributed by atoms with Gasteiger partial charge in [-0.2, -0.15) is 0 Å². The van der Waals surface area contributed by atoms with E-state index < -0.39 is 5.54 Å². The molecule has 1 N–H and O–H groups in total. The van der Waals surface area contributed by atoms with E-state index in [4.69, 9.17) is 9.72 Å². The molecule has 4 rings (SSSR count). The molecule has 7 nitrogen and oxygen atoms in total. The molecule has 182 valence electrons. The van der Waals surface area contributed by atoms with E-state index in [2.05, 4.69) is 17.2 Å². The molecule has 0 bridgehead atoms. The normalized spacial score (nSPS) is 18.7. The molecule has 0 spiro atoms. The molecule has 1 aromatic carbocycles. The second-order valence-electron chi connectivity index (χ2n) is 10.2. The monoisotopic (exact) mass is 463 g/mol. The van der Waals surface area contributed by atoms with Gasteiger partial charge >= 0.3 is 5.69 Å². The number of anilines is 1. The zero-order valence-electron chi connectivity index (χ0n) is 21.0. The molecule has 1 saturated carbocycles. The molecule has 0 amide bonds. The number of nitrogens with one attached hydrogen (secondary N) is 1. The van der Waals surface area contributed by atoms with E-state index >= 15 is 0 Å². The number of aryl methyl sites for hydroxylation is 1. The van der Waals surface area contributed by atoms with Gasteiger partial charge in [0.1, 0.15) is 0 Å². The van der Waals surface area contributed by atoms with Crippen molar-refractivity contribution >= 4 is 5.95 Å². The van der Waals surface area contributed by atoms with Crippen LogP contribution in [-0.4, -0.2) is 38.4 Å². The predicted molar refractivity (Wildman–Crippen MR) is 137 cm³/mol. The Morgan fingerprint density at radius 2 is 1.94 bits per heavy atom. The molecule has 34 heavy (non-hydrogen) atoms. The summed E-state index contributed by atoms with van der Waals surface area (Å²) < 4.78 is 9.20. The fourth-order valence-corrected chi connectivity index (χ4v) is 4.66. The zero-order valence-corrected chi connectivity index (χ0v) is 21.0. The molecule has 0 radical (unpaired) electrons. The van der Waals surface area contributed by atoms with Crippen molar-refractivity contribution in [1.29, 1.82) is 0 Å². The summed E-state index contributed by atoms with van der Waals surface area (Å²) in [6, 6.07) is 10.2. The van der Waals surface area contributed by atoms with Crippen LogP contribution in [-0.2, 0) is 10.3 Å². The van der Waals surface area contributed by atoms with Crippen LogP contribution in [0.4, 0.5) is 5.95 Å². The number of benzene rings is 1. The maximum absolute atomic E-state index is 13.7. The topological polar surface area (TPSA) is 74.0 Å². The van der Waals surface area contributed by atoms with Gasteiger partial charge in [0.2, 0.25) is 5.95 Å². The molecule has 1 aliphatic rings. The van der Waals surface area contributed by atoms with Crippen LogP contribution >= 0.6 is 0 Å². The van der Waals surface area contributed by atoms with Gasteiger partial charge in [-0.15, -0.1) is 0 Å². The Balaban J connectivity index is 1.76. The first-order valence-electron chi connectivity index (χ1n) is 12.4. The minimum atomic E-state index is -0.510. The van der Waals surface area contributed by atoms with E-state index in [1.165, 1.54) is 12.8 Å². The molecule has 1 fully saturated rings. The smallest absolute Gasteiger partial charge is 0.333 e. The standard InChI is InChI=1S/C27H37N5O2/c1-6-34-18-27(4,5)31-17-24(32(26(31)33)22-9-7-8-20(3)16-22)23-14-15-28-25(30-23)29-21-12-10-19(2)11-13-21/h7-9,14-17,19,21H,6,10-13,18H2,1-5H3,(H,28,29,30). The first kappa shape index (κ1) is 24.2. The lowest BCUT2D eigenvalue weighted by atomic mass is 9.87. The van der Waals surface area contributed by atoms with Crippen LogP contribution in [0.3, 0.4) is 0 Å². The number of aromatic nitrogens is 4. The van der Waals surface area contributed by atoms with Crippen molar-refractivity contribution in [3.63, 3.8) is 0 Å². The fraction of sp³-hybridized carbons (Fsp3) is 0.519. The van der Waals surface area contributed by atoms with Crippen molar-refractivity contribution < 1.29 is 4.74 Å². The largest absolute Gasteiger partial charge is 0.379 e. The van der Waals surface area contributed by atoms with Gasteiger partial charge in [0.15, 0.2) is 0 Å². The maximum atomic E-state index is 13.7.